The summed E-state index contributed by atoms with van der Waals surface area (Å²) in [5.74, 6) is 0.309. The number of ketones is 1. The molecule has 1 saturated heterocycles. The lowest BCUT2D eigenvalue weighted by molar-refractivity contribution is -0.128. The topological polar surface area (TPSA) is 46.9 Å². The molecule has 1 aromatic rings. The van der Waals surface area contributed by atoms with Crippen molar-refractivity contribution in [2.45, 2.75) is 46.1 Å². The maximum atomic E-state index is 12.4. The van der Waals surface area contributed by atoms with Gasteiger partial charge in [-0.1, -0.05) is 6.92 Å². The van der Waals surface area contributed by atoms with E-state index < -0.39 is 0 Å². The van der Waals surface area contributed by atoms with E-state index in [0.717, 1.165) is 31.6 Å². The molecule has 1 aliphatic heterocycles. The number of nitrogens with one attached hydrogen (secondary N) is 1. The first-order valence-electron chi connectivity index (χ1n) is 6.79. The second-order valence-electron chi connectivity index (χ2n) is 5.82. The predicted molar refractivity (Wildman–Crippen MR) is 71.5 cm³/mol. The minimum absolute atomic E-state index is 0.208. The van der Waals surface area contributed by atoms with Crippen molar-refractivity contribution in [2.24, 2.45) is 5.41 Å². The Hall–Kier alpha value is -1.16. The van der Waals surface area contributed by atoms with E-state index >= 15 is 0 Å². The van der Waals surface area contributed by atoms with Crippen LogP contribution in [0, 0.1) is 5.41 Å². The molecule has 4 heteroatoms. The monoisotopic (exact) mass is 249 g/mol. The van der Waals surface area contributed by atoms with E-state index in [-0.39, 0.29) is 5.41 Å². The molecule has 100 valence electrons. The minimum atomic E-state index is -0.208. The number of rotatable bonds is 4. The van der Waals surface area contributed by atoms with Crippen LogP contribution in [0.5, 0.6) is 0 Å². The molecule has 0 saturated carbocycles. The van der Waals surface area contributed by atoms with E-state index in [4.69, 9.17) is 0 Å². The molecule has 0 radical (unpaired) electrons. The van der Waals surface area contributed by atoms with Crippen molar-refractivity contribution in [3.63, 3.8) is 0 Å². The number of hydrogen-bond acceptors (Lipinski definition) is 3. The third-order valence-electron chi connectivity index (χ3n) is 3.80. The second-order valence-corrected chi connectivity index (χ2v) is 5.82. The summed E-state index contributed by atoms with van der Waals surface area (Å²) < 4.78 is 1.91. The van der Waals surface area contributed by atoms with Crippen molar-refractivity contribution in [1.29, 1.82) is 0 Å². The fraction of sp³-hybridized carbons (Fsp3) is 0.714. The Labute approximate surface area is 109 Å². The van der Waals surface area contributed by atoms with Crippen molar-refractivity contribution in [1.82, 2.24) is 15.1 Å². The molecule has 1 atom stereocenters. The van der Waals surface area contributed by atoms with Gasteiger partial charge >= 0.3 is 0 Å². The number of carbonyl (C=O) groups is 1. The summed E-state index contributed by atoms with van der Waals surface area (Å²) in [6.07, 6.45) is 4.49. The van der Waals surface area contributed by atoms with Gasteiger partial charge in [0.25, 0.3) is 0 Å². The van der Waals surface area contributed by atoms with Crippen LogP contribution < -0.4 is 5.32 Å². The van der Waals surface area contributed by atoms with E-state index in [1.54, 1.807) is 0 Å². The fourth-order valence-electron chi connectivity index (χ4n) is 2.43. The zero-order valence-electron chi connectivity index (χ0n) is 11.6. The molecule has 0 amide bonds. The smallest absolute Gasteiger partial charge is 0.146 e. The minimum Gasteiger partial charge on any atom is -0.316 e. The Bertz CT molecular complexity index is 416. The summed E-state index contributed by atoms with van der Waals surface area (Å²) in [5.41, 5.74) is 0.681. The molecule has 1 N–H and O–H groups in total. The Morgan fingerprint density at radius 3 is 2.94 bits per heavy atom. The number of piperidine rings is 1. The molecular weight excluding hydrogens is 226 g/mol. The number of hydrogen-bond donors (Lipinski definition) is 1. The van der Waals surface area contributed by atoms with Gasteiger partial charge in [0.15, 0.2) is 0 Å². The van der Waals surface area contributed by atoms with Crippen molar-refractivity contribution in [3.05, 3.63) is 18.0 Å². The van der Waals surface area contributed by atoms with Crippen molar-refractivity contribution in [2.75, 3.05) is 13.1 Å². The normalized spacial score (nSPS) is 24.4. The standard InChI is InChI=1S/C14H23N3O/c1-11(2)17-8-5-12(16-17)9-13(18)14(3)6-4-7-15-10-14/h5,8,11,15H,4,6-7,9-10H2,1-3H3. The van der Waals surface area contributed by atoms with Gasteiger partial charge in [0.1, 0.15) is 5.78 Å². The number of carbonyl (C=O) groups excluding carboxylic acids is 1. The predicted octanol–water partition coefficient (Wildman–Crippen LogP) is 1.97. The van der Waals surface area contributed by atoms with Crippen LogP contribution in [-0.4, -0.2) is 28.7 Å². The van der Waals surface area contributed by atoms with Crippen LogP contribution in [0.2, 0.25) is 0 Å². The summed E-state index contributed by atoms with van der Waals surface area (Å²) in [5, 5.41) is 7.77. The van der Waals surface area contributed by atoms with Gasteiger partial charge in [0, 0.05) is 24.2 Å². The lowest BCUT2D eigenvalue weighted by Gasteiger charge is -2.32. The molecule has 0 aliphatic carbocycles. The molecule has 2 heterocycles. The molecule has 1 fully saturated rings. The summed E-state index contributed by atoms with van der Waals surface area (Å²) in [6, 6.07) is 2.30. The summed E-state index contributed by atoms with van der Waals surface area (Å²) in [6.45, 7) is 8.08. The molecule has 18 heavy (non-hydrogen) atoms. The zero-order valence-corrected chi connectivity index (χ0v) is 11.6. The highest BCUT2D eigenvalue weighted by molar-refractivity contribution is 5.86. The third kappa shape index (κ3) is 2.80. The van der Waals surface area contributed by atoms with E-state index in [9.17, 15) is 4.79 Å². The second kappa shape index (κ2) is 5.22. The summed E-state index contributed by atoms with van der Waals surface area (Å²) in [7, 11) is 0. The SMILES string of the molecule is CC(C)n1ccc(CC(=O)C2(C)CCCNC2)n1. The first kappa shape index (κ1) is 13.3. The maximum absolute atomic E-state index is 12.4. The molecule has 0 bridgehead atoms. The fourth-order valence-corrected chi connectivity index (χ4v) is 2.43. The van der Waals surface area contributed by atoms with Crippen molar-refractivity contribution < 1.29 is 4.79 Å². The van der Waals surface area contributed by atoms with Gasteiger partial charge < -0.3 is 5.32 Å². The largest absolute Gasteiger partial charge is 0.316 e. The Morgan fingerprint density at radius 1 is 1.61 bits per heavy atom. The quantitative estimate of drug-likeness (QED) is 0.887. The highest BCUT2D eigenvalue weighted by atomic mass is 16.1. The number of Topliss-reactive ketones (excluding diaryl/α,β-unsaturated/α-hetero) is 1. The molecule has 4 nitrogen and oxygen atoms in total. The van der Waals surface area contributed by atoms with E-state index in [1.165, 1.54) is 0 Å². The van der Waals surface area contributed by atoms with Crippen LogP contribution in [-0.2, 0) is 11.2 Å². The Morgan fingerprint density at radius 2 is 2.39 bits per heavy atom. The van der Waals surface area contributed by atoms with E-state index in [2.05, 4.69) is 31.2 Å². The highest BCUT2D eigenvalue weighted by Crippen LogP contribution is 2.27. The third-order valence-corrected chi connectivity index (χ3v) is 3.80. The zero-order chi connectivity index (χ0) is 13.2. The first-order valence-corrected chi connectivity index (χ1v) is 6.79. The number of aromatic nitrogens is 2. The van der Waals surface area contributed by atoms with Gasteiger partial charge in [0.05, 0.1) is 12.1 Å². The lowest BCUT2D eigenvalue weighted by Crippen LogP contribution is -2.44. The summed E-state index contributed by atoms with van der Waals surface area (Å²) >= 11 is 0. The molecule has 0 spiro atoms. The average molecular weight is 249 g/mol. The van der Waals surface area contributed by atoms with Crippen LogP contribution in [0.15, 0.2) is 12.3 Å². The van der Waals surface area contributed by atoms with Gasteiger partial charge in [-0.2, -0.15) is 5.10 Å². The molecule has 2 rings (SSSR count). The van der Waals surface area contributed by atoms with Gasteiger partial charge in [-0.05, 0) is 39.3 Å². The molecular formula is C14H23N3O. The highest BCUT2D eigenvalue weighted by Gasteiger charge is 2.34. The number of nitrogens with zero attached hydrogens (tertiary/aromatic N) is 2. The Balaban J connectivity index is 2.01. The van der Waals surface area contributed by atoms with Crippen LogP contribution >= 0.6 is 0 Å². The van der Waals surface area contributed by atoms with E-state index in [0.29, 0.717) is 18.2 Å². The van der Waals surface area contributed by atoms with Gasteiger partial charge in [-0.15, -0.1) is 0 Å². The van der Waals surface area contributed by atoms with Crippen LogP contribution in [0.3, 0.4) is 0 Å². The van der Waals surface area contributed by atoms with Crippen molar-refractivity contribution in [3.8, 4) is 0 Å². The molecule has 1 aliphatic rings. The van der Waals surface area contributed by atoms with Crippen LogP contribution in [0.25, 0.3) is 0 Å². The van der Waals surface area contributed by atoms with Gasteiger partial charge in [-0.25, -0.2) is 0 Å². The van der Waals surface area contributed by atoms with Gasteiger partial charge in [-0.3, -0.25) is 9.48 Å². The maximum Gasteiger partial charge on any atom is 0.146 e. The molecule has 1 unspecified atom stereocenters. The first-order chi connectivity index (χ1) is 8.51. The summed E-state index contributed by atoms with van der Waals surface area (Å²) in [4.78, 5) is 12.4. The van der Waals surface area contributed by atoms with Crippen LogP contribution in [0.4, 0.5) is 0 Å². The average Bonchev–Trinajstić information content (AvgIpc) is 2.78. The van der Waals surface area contributed by atoms with E-state index in [1.807, 2.05) is 16.9 Å². The van der Waals surface area contributed by atoms with Gasteiger partial charge in [0.2, 0.25) is 0 Å². The van der Waals surface area contributed by atoms with Crippen LogP contribution in [0.1, 0.15) is 45.3 Å². The Kier molecular flexibility index (Phi) is 3.85. The lowest BCUT2D eigenvalue weighted by atomic mass is 9.77. The molecule has 1 aromatic heterocycles. The van der Waals surface area contributed by atoms with Crippen molar-refractivity contribution >= 4 is 5.78 Å². The molecule has 0 aromatic carbocycles.